The molecule has 110 valence electrons. The van der Waals surface area contributed by atoms with Crippen molar-refractivity contribution in [2.24, 2.45) is 23.1 Å². The molecule has 0 aromatic heterocycles. The maximum absolute atomic E-state index is 11.7. The second-order valence-corrected chi connectivity index (χ2v) is 4.90. The first-order chi connectivity index (χ1) is 9.33. The molecular weight excluding hydrogens is 258 g/mol. The molecule has 0 aliphatic carbocycles. The van der Waals surface area contributed by atoms with Crippen LogP contribution in [0.3, 0.4) is 0 Å². The third-order valence-electron chi connectivity index (χ3n) is 3.64. The zero-order valence-electron chi connectivity index (χ0n) is 11.5. The standard InChI is InChI=1S/C14H21N3O3/c1-2-10(8-9-6-4-3-5-7-9)14(17,13(16)20)11(18)12(15)19/h3-7,10-11,18H,2,8,17H2,1H3,(H2,15,19)(H2,16,20). The minimum atomic E-state index is -1.88. The average Bonchev–Trinajstić information content (AvgIpc) is 2.43. The first kappa shape index (κ1) is 16.1. The van der Waals surface area contributed by atoms with Gasteiger partial charge in [-0.2, -0.15) is 0 Å². The van der Waals surface area contributed by atoms with E-state index in [1.54, 1.807) is 0 Å². The predicted molar refractivity (Wildman–Crippen MR) is 75.2 cm³/mol. The van der Waals surface area contributed by atoms with E-state index >= 15 is 0 Å². The molecule has 0 aliphatic rings. The monoisotopic (exact) mass is 279 g/mol. The number of carbonyl (C=O) groups is 2. The van der Waals surface area contributed by atoms with E-state index in [1.807, 2.05) is 37.3 Å². The quantitative estimate of drug-likeness (QED) is 0.524. The summed E-state index contributed by atoms with van der Waals surface area (Å²) in [6.45, 7) is 1.81. The number of aliphatic hydroxyl groups excluding tert-OH is 1. The lowest BCUT2D eigenvalue weighted by Crippen LogP contribution is -2.68. The summed E-state index contributed by atoms with van der Waals surface area (Å²) < 4.78 is 0. The average molecular weight is 279 g/mol. The van der Waals surface area contributed by atoms with Gasteiger partial charge in [0.15, 0.2) is 6.10 Å². The molecule has 3 unspecified atom stereocenters. The second-order valence-electron chi connectivity index (χ2n) is 4.90. The van der Waals surface area contributed by atoms with Gasteiger partial charge < -0.3 is 22.3 Å². The molecule has 0 spiro atoms. The van der Waals surface area contributed by atoms with Crippen molar-refractivity contribution in [1.82, 2.24) is 0 Å². The maximum Gasteiger partial charge on any atom is 0.248 e. The summed E-state index contributed by atoms with van der Waals surface area (Å²) in [5, 5.41) is 9.90. The molecule has 0 aliphatic heterocycles. The van der Waals surface area contributed by atoms with Gasteiger partial charge in [0.2, 0.25) is 11.8 Å². The van der Waals surface area contributed by atoms with Crippen molar-refractivity contribution in [2.45, 2.75) is 31.4 Å². The molecule has 1 rings (SSSR count). The Morgan fingerprint density at radius 2 is 1.80 bits per heavy atom. The van der Waals surface area contributed by atoms with E-state index in [0.29, 0.717) is 12.8 Å². The van der Waals surface area contributed by atoms with E-state index in [1.165, 1.54) is 0 Å². The molecule has 0 radical (unpaired) electrons. The lowest BCUT2D eigenvalue weighted by atomic mass is 9.74. The Hall–Kier alpha value is -1.92. The third-order valence-corrected chi connectivity index (χ3v) is 3.64. The first-order valence-corrected chi connectivity index (χ1v) is 6.44. The van der Waals surface area contributed by atoms with Gasteiger partial charge in [-0.3, -0.25) is 9.59 Å². The van der Waals surface area contributed by atoms with E-state index < -0.39 is 29.4 Å². The van der Waals surface area contributed by atoms with E-state index in [0.717, 1.165) is 5.56 Å². The SMILES string of the molecule is CCC(Cc1ccccc1)C(N)(C(N)=O)C(O)C(N)=O. The van der Waals surface area contributed by atoms with Crippen LogP contribution in [0.1, 0.15) is 18.9 Å². The molecule has 20 heavy (non-hydrogen) atoms. The lowest BCUT2D eigenvalue weighted by Gasteiger charge is -2.36. The zero-order chi connectivity index (χ0) is 15.3. The van der Waals surface area contributed by atoms with Gasteiger partial charge in [0, 0.05) is 0 Å². The van der Waals surface area contributed by atoms with Crippen molar-refractivity contribution in [2.75, 3.05) is 0 Å². The molecule has 0 bridgehead atoms. The van der Waals surface area contributed by atoms with Crippen molar-refractivity contribution in [1.29, 1.82) is 0 Å². The molecule has 7 N–H and O–H groups in total. The first-order valence-electron chi connectivity index (χ1n) is 6.44. The molecule has 6 nitrogen and oxygen atoms in total. The molecule has 2 amide bonds. The Balaban J connectivity index is 3.10. The van der Waals surface area contributed by atoms with Gasteiger partial charge in [-0.15, -0.1) is 0 Å². The summed E-state index contributed by atoms with van der Waals surface area (Å²) in [6, 6.07) is 9.33. The van der Waals surface area contributed by atoms with Gasteiger partial charge in [-0.05, 0) is 17.9 Å². The summed E-state index contributed by atoms with van der Waals surface area (Å²) in [7, 11) is 0. The fourth-order valence-electron chi connectivity index (χ4n) is 2.34. The van der Waals surface area contributed by atoms with E-state index in [2.05, 4.69) is 0 Å². The van der Waals surface area contributed by atoms with Crippen molar-refractivity contribution in [3.63, 3.8) is 0 Å². The normalized spacial score (nSPS) is 16.9. The Bertz CT molecular complexity index is 478. The highest BCUT2D eigenvalue weighted by Gasteiger charge is 2.48. The molecular formula is C14H21N3O3. The van der Waals surface area contributed by atoms with Crippen LogP contribution in [0.4, 0.5) is 0 Å². The summed E-state index contributed by atoms with van der Waals surface area (Å²) in [6.07, 6.45) is -0.923. The number of aliphatic hydroxyl groups is 1. The van der Waals surface area contributed by atoms with Crippen molar-refractivity contribution in [3.05, 3.63) is 35.9 Å². The van der Waals surface area contributed by atoms with E-state index in [-0.39, 0.29) is 0 Å². The summed E-state index contributed by atoms with van der Waals surface area (Å²) >= 11 is 0. The zero-order valence-corrected chi connectivity index (χ0v) is 11.5. The number of benzene rings is 1. The van der Waals surface area contributed by atoms with Crippen LogP contribution in [0.5, 0.6) is 0 Å². The Labute approximate surface area is 117 Å². The Kier molecular flexibility index (Phi) is 5.24. The highest BCUT2D eigenvalue weighted by molar-refractivity contribution is 5.93. The molecule has 1 aromatic rings. The van der Waals surface area contributed by atoms with Crippen molar-refractivity contribution < 1.29 is 14.7 Å². The topological polar surface area (TPSA) is 132 Å². The molecule has 0 fully saturated rings. The van der Waals surface area contributed by atoms with Crippen LogP contribution in [0, 0.1) is 5.92 Å². The molecule has 0 saturated heterocycles. The number of rotatable bonds is 7. The van der Waals surface area contributed by atoms with Gasteiger partial charge in [0.05, 0.1) is 0 Å². The number of hydrogen-bond donors (Lipinski definition) is 4. The Morgan fingerprint density at radius 1 is 1.25 bits per heavy atom. The fraction of sp³-hybridized carbons (Fsp3) is 0.429. The van der Waals surface area contributed by atoms with Gasteiger partial charge in [-0.25, -0.2) is 0 Å². The molecule has 0 heterocycles. The number of amides is 2. The van der Waals surface area contributed by atoms with Crippen LogP contribution < -0.4 is 17.2 Å². The second kappa shape index (κ2) is 6.49. The molecule has 3 atom stereocenters. The summed E-state index contributed by atoms with van der Waals surface area (Å²) in [5.74, 6) is -2.49. The minimum Gasteiger partial charge on any atom is -0.381 e. The smallest absolute Gasteiger partial charge is 0.248 e. The van der Waals surface area contributed by atoms with E-state index in [9.17, 15) is 14.7 Å². The van der Waals surface area contributed by atoms with Gasteiger partial charge in [0.1, 0.15) is 5.54 Å². The summed E-state index contributed by atoms with van der Waals surface area (Å²) in [5.41, 5.74) is 15.4. The third kappa shape index (κ3) is 3.15. The summed E-state index contributed by atoms with van der Waals surface area (Å²) in [4.78, 5) is 22.9. The number of hydrogen-bond acceptors (Lipinski definition) is 4. The number of carbonyl (C=O) groups excluding carboxylic acids is 2. The minimum absolute atomic E-state index is 0.418. The van der Waals surface area contributed by atoms with Crippen LogP contribution in [0.25, 0.3) is 0 Å². The van der Waals surface area contributed by atoms with Crippen LogP contribution >= 0.6 is 0 Å². The largest absolute Gasteiger partial charge is 0.381 e. The lowest BCUT2D eigenvalue weighted by molar-refractivity contribution is -0.141. The van der Waals surface area contributed by atoms with Crippen LogP contribution in [-0.4, -0.2) is 28.6 Å². The van der Waals surface area contributed by atoms with Crippen molar-refractivity contribution >= 4 is 11.8 Å². The van der Waals surface area contributed by atoms with Crippen LogP contribution in [-0.2, 0) is 16.0 Å². The Morgan fingerprint density at radius 3 is 2.20 bits per heavy atom. The van der Waals surface area contributed by atoms with E-state index in [4.69, 9.17) is 17.2 Å². The van der Waals surface area contributed by atoms with Gasteiger partial charge >= 0.3 is 0 Å². The van der Waals surface area contributed by atoms with Crippen molar-refractivity contribution in [3.8, 4) is 0 Å². The van der Waals surface area contributed by atoms with Gasteiger partial charge in [0.25, 0.3) is 0 Å². The van der Waals surface area contributed by atoms with Crippen LogP contribution in [0.2, 0.25) is 0 Å². The number of primary amides is 2. The van der Waals surface area contributed by atoms with Crippen LogP contribution in [0.15, 0.2) is 30.3 Å². The fourth-order valence-corrected chi connectivity index (χ4v) is 2.34. The molecule has 0 saturated carbocycles. The van der Waals surface area contributed by atoms with Gasteiger partial charge in [-0.1, -0.05) is 43.7 Å². The maximum atomic E-state index is 11.7. The molecule has 6 heteroatoms. The number of nitrogens with two attached hydrogens (primary N) is 3. The predicted octanol–water partition coefficient (Wildman–Crippen LogP) is -0.716. The highest BCUT2D eigenvalue weighted by Crippen LogP contribution is 2.26. The highest BCUT2D eigenvalue weighted by atomic mass is 16.3. The molecule has 1 aromatic carbocycles.